The first-order valence-corrected chi connectivity index (χ1v) is 22.0. The molecule has 1 aliphatic rings. The van der Waals surface area contributed by atoms with Gasteiger partial charge in [0.2, 0.25) is 0 Å². The van der Waals surface area contributed by atoms with Crippen molar-refractivity contribution in [2.45, 2.75) is 0 Å². The summed E-state index contributed by atoms with van der Waals surface area (Å²) in [6, 6.07) is 89.3. The summed E-state index contributed by atoms with van der Waals surface area (Å²) in [6.45, 7) is 0.668. The molecule has 66 heavy (non-hydrogen) atoms. The fourth-order valence-corrected chi connectivity index (χ4v) is 9.49. The molecule has 0 amide bonds. The van der Waals surface area contributed by atoms with E-state index < -0.39 is 0 Å². The van der Waals surface area contributed by atoms with Gasteiger partial charge in [-0.3, -0.25) is 0 Å². The van der Waals surface area contributed by atoms with Crippen LogP contribution in [0.4, 0.5) is 39.8 Å². The number of aromatic nitrogens is 2. The molecule has 0 bridgehead atoms. The molecule has 11 aromatic rings. The SMILES string of the molecule is [Pt+2].[c-]1c(N2CN(c3ccccc3)c3ccccc32)cccc1N(c1[c-]c2c(cc1)c1ccccc1n2-c1cc(-c2c(-c3ccccc3)cccc2-c2ccccc2)ccn1)c1ccccc1. The van der Waals surface area contributed by atoms with Gasteiger partial charge in [0.15, 0.2) is 0 Å². The topological polar surface area (TPSA) is 27.5 Å². The summed E-state index contributed by atoms with van der Waals surface area (Å²) in [5.41, 5.74) is 16.2. The third-order valence-electron chi connectivity index (χ3n) is 12.4. The van der Waals surface area contributed by atoms with Gasteiger partial charge in [0.25, 0.3) is 0 Å². The van der Waals surface area contributed by atoms with Crippen molar-refractivity contribution < 1.29 is 21.1 Å². The second-order valence-electron chi connectivity index (χ2n) is 16.2. The molecule has 0 spiro atoms. The molecule has 2 aromatic heterocycles. The Hall–Kier alpha value is -7.98. The summed E-state index contributed by atoms with van der Waals surface area (Å²) in [4.78, 5) is 12.1. The minimum atomic E-state index is 0. The standard InChI is InChI=1S/C60H41N5.Pt/c1-5-19-43(20-6-1)51-30-18-31-52(44-21-7-2-8-22-44)60(51)45-37-38-61-59(39-45)65-55-32-14-13-29-53(55)54-36-35-50(41-58(54)65)64(47-25-11-4-12-26-47)49-28-17-27-48(40-49)63-42-62(46-23-9-3-10-24-46)56-33-15-16-34-57(56)63;/h1-39H,42H2;/q-2;+2. The molecule has 0 fully saturated rings. The molecule has 0 saturated carbocycles. The number of para-hydroxylation sites is 5. The number of hydrogen-bond acceptors (Lipinski definition) is 4. The fourth-order valence-electron chi connectivity index (χ4n) is 9.49. The van der Waals surface area contributed by atoms with Gasteiger partial charge in [0, 0.05) is 23.1 Å². The van der Waals surface area contributed by atoms with E-state index in [1.165, 1.54) is 16.8 Å². The Morgan fingerprint density at radius 2 is 1.05 bits per heavy atom. The third kappa shape index (κ3) is 7.24. The van der Waals surface area contributed by atoms with Gasteiger partial charge in [-0.15, -0.1) is 35.7 Å². The summed E-state index contributed by atoms with van der Waals surface area (Å²) < 4.78 is 2.27. The van der Waals surface area contributed by atoms with Gasteiger partial charge in [-0.05, 0) is 93.4 Å². The number of rotatable bonds is 9. The van der Waals surface area contributed by atoms with E-state index in [9.17, 15) is 0 Å². The summed E-state index contributed by atoms with van der Waals surface area (Å²) in [6.07, 6.45) is 1.94. The van der Waals surface area contributed by atoms with Crippen LogP contribution in [0.5, 0.6) is 0 Å². The molecule has 9 aromatic carbocycles. The molecule has 0 radical (unpaired) electrons. The molecule has 6 heteroatoms. The van der Waals surface area contributed by atoms with Crippen LogP contribution in [0.2, 0.25) is 0 Å². The van der Waals surface area contributed by atoms with Gasteiger partial charge in [-0.2, -0.15) is 12.1 Å². The summed E-state index contributed by atoms with van der Waals surface area (Å²) in [7, 11) is 0. The largest absolute Gasteiger partial charge is 2.00 e. The van der Waals surface area contributed by atoms with E-state index in [2.05, 4.69) is 262 Å². The van der Waals surface area contributed by atoms with Crippen LogP contribution < -0.4 is 14.7 Å². The van der Waals surface area contributed by atoms with Crippen molar-refractivity contribution >= 4 is 61.6 Å². The zero-order valence-electron chi connectivity index (χ0n) is 35.8. The van der Waals surface area contributed by atoms with Crippen LogP contribution in [0.25, 0.3) is 61.0 Å². The quantitative estimate of drug-likeness (QED) is 0.135. The minimum absolute atomic E-state index is 0. The predicted octanol–water partition coefficient (Wildman–Crippen LogP) is 15.5. The second kappa shape index (κ2) is 17.5. The molecule has 0 saturated heterocycles. The van der Waals surface area contributed by atoms with Crippen molar-refractivity contribution in [3.63, 3.8) is 0 Å². The molecule has 0 N–H and O–H groups in total. The maximum Gasteiger partial charge on any atom is 2.00 e. The smallest absolute Gasteiger partial charge is 0.358 e. The van der Waals surface area contributed by atoms with Crippen LogP contribution >= 0.6 is 0 Å². The Labute approximate surface area is 399 Å². The molecule has 0 unspecified atom stereocenters. The predicted molar refractivity (Wildman–Crippen MR) is 269 cm³/mol. The first kappa shape index (κ1) is 40.8. The molecule has 12 rings (SSSR count). The average Bonchev–Trinajstić information content (AvgIpc) is 3.94. The fraction of sp³-hybridized carbons (Fsp3) is 0.0167. The normalized spacial score (nSPS) is 12.0. The summed E-state index contributed by atoms with van der Waals surface area (Å²) >= 11 is 0. The van der Waals surface area contributed by atoms with Crippen LogP contribution in [-0.2, 0) is 21.1 Å². The van der Waals surface area contributed by atoms with Gasteiger partial charge < -0.3 is 19.3 Å². The van der Waals surface area contributed by atoms with Crippen molar-refractivity contribution in [1.29, 1.82) is 0 Å². The van der Waals surface area contributed by atoms with E-state index in [0.717, 1.165) is 84.0 Å². The van der Waals surface area contributed by atoms with Crippen molar-refractivity contribution in [1.82, 2.24) is 9.55 Å². The zero-order valence-corrected chi connectivity index (χ0v) is 38.0. The number of pyridine rings is 1. The number of fused-ring (bicyclic) bond motifs is 4. The van der Waals surface area contributed by atoms with Crippen molar-refractivity contribution in [3.8, 4) is 39.2 Å². The van der Waals surface area contributed by atoms with Gasteiger partial charge >= 0.3 is 21.1 Å². The Morgan fingerprint density at radius 3 is 1.76 bits per heavy atom. The Morgan fingerprint density at radius 1 is 0.455 bits per heavy atom. The van der Waals surface area contributed by atoms with Crippen LogP contribution in [0.3, 0.4) is 0 Å². The Kier molecular flexibility index (Phi) is 10.8. The van der Waals surface area contributed by atoms with Crippen molar-refractivity contribution in [3.05, 3.63) is 249 Å². The van der Waals surface area contributed by atoms with Gasteiger partial charge in [0.05, 0.1) is 18.0 Å². The maximum absolute atomic E-state index is 5.12. The molecular weight excluding hydrogens is 986 g/mol. The van der Waals surface area contributed by atoms with Crippen molar-refractivity contribution in [2.75, 3.05) is 21.4 Å². The van der Waals surface area contributed by atoms with Crippen LogP contribution in [0, 0.1) is 12.1 Å². The van der Waals surface area contributed by atoms with Crippen LogP contribution in [-0.4, -0.2) is 16.2 Å². The third-order valence-corrected chi connectivity index (χ3v) is 12.4. The van der Waals surface area contributed by atoms with E-state index in [0.29, 0.717) is 6.67 Å². The van der Waals surface area contributed by atoms with E-state index in [1.54, 1.807) is 0 Å². The molecule has 3 heterocycles. The Balaban J connectivity index is 0.00000481. The minimum Gasteiger partial charge on any atom is -0.358 e. The van der Waals surface area contributed by atoms with Crippen molar-refractivity contribution in [2.24, 2.45) is 0 Å². The maximum atomic E-state index is 5.12. The van der Waals surface area contributed by atoms with E-state index in [-0.39, 0.29) is 21.1 Å². The summed E-state index contributed by atoms with van der Waals surface area (Å²) in [5, 5.41) is 2.24. The molecule has 316 valence electrons. The average molecular weight is 1030 g/mol. The molecule has 5 nitrogen and oxygen atoms in total. The van der Waals surface area contributed by atoms with Gasteiger partial charge in [-0.25, -0.2) is 4.98 Å². The first-order valence-electron chi connectivity index (χ1n) is 22.0. The second-order valence-corrected chi connectivity index (χ2v) is 16.2. The van der Waals surface area contributed by atoms with Crippen LogP contribution in [0.15, 0.2) is 237 Å². The van der Waals surface area contributed by atoms with E-state index in [4.69, 9.17) is 4.98 Å². The first-order chi connectivity index (χ1) is 32.3. The van der Waals surface area contributed by atoms with E-state index in [1.807, 2.05) is 6.20 Å². The number of benzene rings is 9. The zero-order chi connectivity index (χ0) is 43.1. The summed E-state index contributed by atoms with van der Waals surface area (Å²) in [5.74, 6) is 0.819. The van der Waals surface area contributed by atoms with Crippen LogP contribution in [0.1, 0.15) is 0 Å². The molecular formula is C60H41N5Pt. The monoisotopic (exact) mass is 1030 g/mol. The Bertz CT molecular complexity index is 3420. The molecule has 0 aliphatic carbocycles. The number of nitrogens with zero attached hydrogens (tertiary/aromatic N) is 5. The van der Waals surface area contributed by atoms with Gasteiger partial charge in [-0.1, -0.05) is 168 Å². The van der Waals surface area contributed by atoms with E-state index >= 15 is 0 Å². The molecule has 1 aliphatic heterocycles. The van der Waals surface area contributed by atoms with Gasteiger partial charge in [0.1, 0.15) is 5.82 Å². The molecule has 0 atom stereocenters. The number of hydrogen-bond donors (Lipinski definition) is 0. The number of anilines is 7.